The molecule has 0 amide bonds. The first kappa shape index (κ1) is 11.2. The van der Waals surface area contributed by atoms with E-state index in [-0.39, 0.29) is 17.4 Å². The van der Waals surface area contributed by atoms with Crippen LogP contribution in [0.4, 0.5) is 4.39 Å². The monoisotopic (exact) mass is 195 g/mol. The lowest BCUT2D eigenvalue weighted by Crippen LogP contribution is -2.37. The molecule has 0 bridgehead atoms. The minimum Gasteiger partial charge on any atom is -0.306 e. The fourth-order valence-corrected chi connectivity index (χ4v) is 1.51. The maximum atomic E-state index is 12.9. The summed E-state index contributed by atoms with van der Waals surface area (Å²) < 4.78 is 12.9. The minimum atomic E-state index is -0.176. The Morgan fingerprint density at radius 3 is 2.43 bits per heavy atom. The standard InChI is InChI=1S/C12H18FN/c1-9(14-12(2,3)4)10-6-5-7-11(13)8-10/h5-9,14H,1-4H3. The average Bonchev–Trinajstić information content (AvgIpc) is 2.01. The van der Waals surface area contributed by atoms with Crippen LogP contribution >= 0.6 is 0 Å². The largest absolute Gasteiger partial charge is 0.306 e. The molecule has 1 aromatic rings. The van der Waals surface area contributed by atoms with E-state index in [0.29, 0.717) is 0 Å². The van der Waals surface area contributed by atoms with Crippen LogP contribution in [0.5, 0.6) is 0 Å². The van der Waals surface area contributed by atoms with Crippen molar-refractivity contribution in [2.45, 2.75) is 39.3 Å². The molecule has 14 heavy (non-hydrogen) atoms. The average molecular weight is 195 g/mol. The molecular formula is C12H18FN. The van der Waals surface area contributed by atoms with Gasteiger partial charge in [-0.25, -0.2) is 4.39 Å². The summed E-state index contributed by atoms with van der Waals surface area (Å²) in [5.41, 5.74) is 1.03. The van der Waals surface area contributed by atoms with Crippen LogP contribution in [0.15, 0.2) is 24.3 Å². The lowest BCUT2D eigenvalue weighted by molar-refractivity contribution is 0.377. The van der Waals surface area contributed by atoms with E-state index in [0.717, 1.165) is 5.56 Å². The Morgan fingerprint density at radius 2 is 1.93 bits per heavy atom. The molecule has 0 fully saturated rings. The van der Waals surface area contributed by atoms with E-state index < -0.39 is 0 Å². The third-order valence-corrected chi connectivity index (χ3v) is 2.00. The van der Waals surface area contributed by atoms with E-state index in [1.165, 1.54) is 6.07 Å². The van der Waals surface area contributed by atoms with E-state index >= 15 is 0 Å². The number of halogens is 1. The highest BCUT2D eigenvalue weighted by molar-refractivity contribution is 5.19. The maximum absolute atomic E-state index is 12.9. The predicted molar refractivity (Wildman–Crippen MR) is 57.7 cm³/mol. The van der Waals surface area contributed by atoms with E-state index in [9.17, 15) is 4.39 Å². The van der Waals surface area contributed by atoms with Crippen molar-refractivity contribution in [2.24, 2.45) is 0 Å². The Morgan fingerprint density at radius 1 is 1.29 bits per heavy atom. The van der Waals surface area contributed by atoms with Crippen molar-refractivity contribution in [3.05, 3.63) is 35.6 Å². The van der Waals surface area contributed by atoms with Gasteiger partial charge in [-0.05, 0) is 45.4 Å². The smallest absolute Gasteiger partial charge is 0.123 e. The zero-order valence-electron chi connectivity index (χ0n) is 9.26. The van der Waals surface area contributed by atoms with Crippen LogP contribution in [-0.4, -0.2) is 5.54 Å². The number of hydrogen-bond donors (Lipinski definition) is 1. The van der Waals surface area contributed by atoms with Gasteiger partial charge in [-0.2, -0.15) is 0 Å². The molecule has 0 radical (unpaired) electrons. The first-order valence-electron chi connectivity index (χ1n) is 4.92. The number of benzene rings is 1. The molecule has 0 spiro atoms. The van der Waals surface area contributed by atoms with Gasteiger partial charge in [-0.15, -0.1) is 0 Å². The van der Waals surface area contributed by atoms with Crippen molar-refractivity contribution in [3.63, 3.8) is 0 Å². The van der Waals surface area contributed by atoms with Crippen LogP contribution in [-0.2, 0) is 0 Å². The van der Waals surface area contributed by atoms with Gasteiger partial charge in [0.05, 0.1) is 0 Å². The summed E-state index contributed by atoms with van der Waals surface area (Å²) in [5, 5.41) is 3.40. The Balaban J connectivity index is 2.74. The molecule has 0 aliphatic heterocycles. The second-order valence-corrected chi connectivity index (χ2v) is 4.67. The van der Waals surface area contributed by atoms with Gasteiger partial charge in [0.2, 0.25) is 0 Å². The van der Waals surface area contributed by atoms with Crippen molar-refractivity contribution in [2.75, 3.05) is 0 Å². The SMILES string of the molecule is CC(NC(C)(C)C)c1cccc(F)c1. The minimum absolute atomic E-state index is 0.0474. The molecule has 2 heteroatoms. The molecule has 1 N–H and O–H groups in total. The van der Waals surface area contributed by atoms with Gasteiger partial charge in [-0.3, -0.25) is 0 Å². The van der Waals surface area contributed by atoms with Crippen molar-refractivity contribution < 1.29 is 4.39 Å². The van der Waals surface area contributed by atoms with Gasteiger partial charge in [0.1, 0.15) is 5.82 Å². The summed E-state index contributed by atoms with van der Waals surface area (Å²) in [6.45, 7) is 8.34. The summed E-state index contributed by atoms with van der Waals surface area (Å²) in [7, 11) is 0. The first-order chi connectivity index (χ1) is 6.38. The van der Waals surface area contributed by atoms with Gasteiger partial charge >= 0.3 is 0 Å². The van der Waals surface area contributed by atoms with Crippen LogP contribution in [0, 0.1) is 5.82 Å². The fourth-order valence-electron chi connectivity index (χ4n) is 1.51. The van der Waals surface area contributed by atoms with Gasteiger partial charge in [0, 0.05) is 11.6 Å². The molecule has 0 aromatic heterocycles. The molecule has 1 atom stereocenters. The second-order valence-electron chi connectivity index (χ2n) is 4.67. The summed E-state index contributed by atoms with van der Waals surface area (Å²) in [4.78, 5) is 0. The molecule has 0 saturated carbocycles. The molecule has 0 aliphatic rings. The van der Waals surface area contributed by atoms with E-state index in [4.69, 9.17) is 0 Å². The Kier molecular flexibility index (Phi) is 3.27. The highest BCUT2D eigenvalue weighted by atomic mass is 19.1. The van der Waals surface area contributed by atoms with Crippen LogP contribution in [0.3, 0.4) is 0 Å². The summed E-state index contributed by atoms with van der Waals surface area (Å²) in [6.07, 6.45) is 0. The molecule has 1 rings (SSSR count). The van der Waals surface area contributed by atoms with Crippen LogP contribution in [0.1, 0.15) is 39.3 Å². The Hall–Kier alpha value is -0.890. The molecule has 0 saturated heterocycles. The Bertz CT molecular complexity index is 301. The Labute approximate surface area is 85.3 Å². The lowest BCUT2D eigenvalue weighted by atomic mass is 10.0. The van der Waals surface area contributed by atoms with Crippen LogP contribution < -0.4 is 5.32 Å². The topological polar surface area (TPSA) is 12.0 Å². The quantitative estimate of drug-likeness (QED) is 0.763. The molecule has 1 unspecified atom stereocenters. The third kappa shape index (κ3) is 3.46. The molecular weight excluding hydrogens is 177 g/mol. The van der Waals surface area contributed by atoms with Crippen molar-refractivity contribution in [3.8, 4) is 0 Å². The molecule has 0 aliphatic carbocycles. The molecule has 1 aromatic carbocycles. The van der Waals surface area contributed by atoms with Crippen molar-refractivity contribution in [1.82, 2.24) is 5.32 Å². The normalized spacial score (nSPS) is 14.1. The van der Waals surface area contributed by atoms with Crippen molar-refractivity contribution >= 4 is 0 Å². The lowest BCUT2D eigenvalue weighted by Gasteiger charge is -2.26. The second kappa shape index (κ2) is 4.09. The van der Waals surface area contributed by atoms with E-state index in [1.807, 2.05) is 13.0 Å². The molecule has 1 nitrogen and oxygen atoms in total. The van der Waals surface area contributed by atoms with Gasteiger partial charge in [0.15, 0.2) is 0 Å². The van der Waals surface area contributed by atoms with Gasteiger partial charge in [0.25, 0.3) is 0 Å². The number of nitrogens with one attached hydrogen (secondary N) is 1. The van der Waals surface area contributed by atoms with Crippen LogP contribution in [0.25, 0.3) is 0 Å². The first-order valence-corrected chi connectivity index (χ1v) is 4.92. The van der Waals surface area contributed by atoms with Gasteiger partial charge in [-0.1, -0.05) is 12.1 Å². The van der Waals surface area contributed by atoms with Gasteiger partial charge < -0.3 is 5.32 Å². The van der Waals surface area contributed by atoms with E-state index in [2.05, 4.69) is 26.1 Å². The maximum Gasteiger partial charge on any atom is 0.123 e. The van der Waals surface area contributed by atoms with Crippen LogP contribution in [0.2, 0.25) is 0 Å². The third-order valence-electron chi connectivity index (χ3n) is 2.00. The zero-order valence-corrected chi connectivity index (χ0v) is 9.26. The predicted octanol–water partition coefficient (Wildman–Crippen LogP) is 3.27. The summed E-state index contributed by atoms with van der Waals surface area (Å²) in [6, 6.07) is 6.89. The molecule has 78 valence electrons. The highest BCUT2D eigenvalue weighted by Gasteiger charge is 2.14. The van der Waals surface area contributed by atoms with Crippen molar-refractivity contribution in [1.29, 1.82) is 0 Å². The molecule has 0 heterocycles. The number of hydrogen-bond acceptors (Lipinski definition) is 1. The zero-order chi connectivity index (χ0) is 10.8. The number of rotatable bonds is 2. The fraction of sp³-hybridized carbons (Fsp3) is 0.500. The summed E-state index contributed by atoms with van der Waals surface area (Å²) >= 11 is 0. The summed E-state index contributed by atoms with van der Waals surface area (Å²) in [5.74, 6) is -0.176. The highest BCUT2D eigenvalue weighted by Crippen LogP contribution is 2.16. The van der Waals surface area contributed by atoms with E-state index in [1.54, 1.807) is 12.1 Å².